The summed E-state index contributed by atoms with van der Waals surface area (Å²) in [6.07, 6.45) is -0.0394. The maximum absolute atomic E-state index is 12.3. The summed E-state index contributed by atoms with van der Waals surface area (Å²) < 4.78 is 5.58. The van der Waals surface area contributed by atoms with Crippen molar-refractivity contribution in [3.63, 3.8) is 0 Å². The Kier molecular flexibility index (Phi) is 6.33. The van der Waals surface area contributed by atoms with Gasteiger partial charge in [0.2, 0.25) is 0 Å². The van der Waals surface area contributed by atoms with Crippen LogP contribution in [0.4, 0.5) is 5.69 Å². The van der Waals surface area contributed by atoms with Gasteiger partial charge in [-0.1, -0.05) is 15.9 Å². The van der Waals surface area contributed by atoms with Gasteiger partial charge in [-0.05, 0) is 30.7 Å². The third kappa shape index (κ3) is 4.78. The molecule has 1 aromatic carbocycles. The maximum Gasteiger partial charge on any atom is 0.312 e. The van der Waals surface area contributed by atoms with E-state index >= 15 is 0 Å². The van der Waals surface area contributed by atoms with Gasteiger partial charge in [-0.3, -0.25) is 14.4 Å². The Balaban J connectivity index is 2.02. The zero-order chi connectivity index (χ0) is 17.7. The number of anilines is 1. The molecule has 130 valence electrons. The van der Waals surface area contributed by atoms with E-state index in [0.717, 1.165) is 20.6 Å². The van der Waals surface area contributed by atoms with Crippen LogP contribution >= 0.6 is 15.9 Å². The number of methoxy groups -OCH3 is 1. The molecule has 2 amide bonds. The first-order valence-electron chi connectivity index (χ1n) is 7.66. The predicted molar refractivity (Wildman–Crippen MR) is 91.6 cm³/mol. The van der Waals surface area contributed by atoms with Crippen LogP contribution in [-0.4, -0.2) is 50.6 Å². The molecule has 0 spiro atoms. The molecule has 0 radical (unpaired) electrons. The maximum atomic E-state index is 12.3. The first kappa shape index (κ1) is 18.4. The van der Waals surface area contributed by atoms with Crippen molar-refractivity contribution in [1.29, 1.82) is 0 Å². The van der Waals surface area contributed by atoms with E-state index in [2.05, 4.69) is 31.3 Å². The summed E-state index contributed by atoms with van der Waals surface area (Å²) in [7, 11) is 1.28. The van der Waals surface area contributed by atoms with E-state index in [4.69, 9.17) is 0 Å². The highest BCUT2D eigenvalue weighted by atomic mass is 79.9. The first-order valence-corrected chi connectivity index (χ1v) is 8.45. The highest BCUT2D eigenvalue weighted by molar-refractivity contribution is 9.10. The Morgan fingerprint density at radius 2 is 2.21 bits per heavy atom. The number of benzene rings is 1. The lowest BCUT2D eigenvalue weighted by atomic mass is 10.1. The van der Waals surface area contributed by atoms with E-state index in [9.17, 15) is 14.4 Å². The number of carbonyl (C=O) groups is 3. The van der Waals surface area contributed by atoms with Gasteiger partial charge in [0, 0.05) is 10.2 Å². The molecular formula is C16H21BrN3O4+. The van der Waals surface area contributed by atoms with E-state index in [1.54, 1.807) is 0 Å². The normalized spacial score (nSPS) is 20.2. The molecule has 1 fully saturated rings. The Hall–Kier alpha value is -1.93. The average Bonchev–Trinajstić information content (AvgIpc) is 2.53. The highest BCUT2D eigenvalue weighted by Gasteiger charge is 2.36. The van der Waals surface area contributed by atoms with E-state index in [-0.39, 0.29) is 24.8 Å². The van der Waals surface area contributed by atoms with Gasteiger partial charge in [0.25, 0.3) is 11.8 Å². The quantitative estimate of drug-likeness (QED) is 0.591. The van der Waals surface area contributed by atoms with Crippen LogP contribution in [0.3, 0.4) is 0 Å². The van der Waals surface area contributed by atoms with Crippen molar-refractivity contribution < 1.29 is 24.0 Å². The third-order valence-electron chi connectivity index (χ3n) is 4.00. The summed E-state index contributed by atoms with van der Waals surface area (Å²) in [6, 6.07) is 4.98. The van der Waals surface area contributed by atoms with Crippen molar-refractivity contribution in [1.82, 2.24) is 5.32 Å². The van der Waals surface area contributed by atoms with Gasteiger partial charge in [-0.2, -0.15) is 0 Å². The Labute approximate surface area is 148 Å². The van der Waals surface area contributed by atoms with Crippen molar-refractivity contribution in [2.75, 3.05) is 32.1 Å². The molecule has 0 saturated carbocycles. The minimum Gasteiger partial charge on any atom is -0.469 e. The topological polar surface area (TPSA) is 88.9 Å². The second-order valence-corrected chi connectivity index (χ2v) is 6.63. The molecule has 1 aliphatic rings. The number of amides is 2. The molecule has 7 nitrogen and oxygen atoms in total. The van der Waals surface area contributed by atoms with E-state index in [0.29, 0.717) is 13.1 Å². The minimum absolute atomic E-state index is 0.0394. The van der Waals surface area contributed by atoms with Gasteiger partial charge in [-0.25, -0.2) is 0 Å². The van der Waals surface area contributed by atoms with E-state index < -0.39 is 12.0 Å². The zero-order valence-corrected chi connectivity index (χ0v) is 15.2. The second-order valence-electron chi connectivity index (χ2n) is 5.72. The molecule has 1 unspecified atom stereocenters. The Morgan fingerprint density at radius 3 is 2.88 bits per heavy atom. The van der Waals surface area contributed by atoms with Crippen molar-refractivity contribution in [3.05, 3.63) is 28.2 Å². The van der Waals surface area contributed by atoms with Gasteiger partial charge < -0.3 is 20.3 Å². The largest absolute Gasteiger partial charge is 0.469 e. The van der Waals surface area contributed by atoms with Gasteiger partial charge >= 0.3 is 5.97 Å². The van der Waals surface area contributed by atoms with Crippen LogP contribution in [0.5, 0.6) is 0 Å². The molecular weight excluding hydrogens is 378 g/mol. The number of piperazine rings is 1. The van der Waals surface area contributed by atoms with Crippen LogP contribution in [0.25, 0.3) is 0 Å². The van der Waals surface area contributed by atoms with Crippen molar-refractivity contribution >= 4 is 39.4 Å². The number of halogens is 1. The lowest BCUT2D eigenvalue weighted by molar-refractivity contribution is -0.909. The van der Waals surface area contributed by atoms with Crippen molar-refractivity contribution in [2.24, 2.45) is 0 Å². The Morgan fingerprint density at radius 1 is 1.46 bits per heavy atom. The summed E-state index contributed by atoms with van der Waals surface area (Å²) in [5, 5.41) is 5.58. The van der Waals surface area contributed by atoms with Crippen LogP contribution in [0.2, 0.25) is 0 Å². The molecule has 1 aliphatic heterocycles. The lowest BCUT2D eigenvalue weighted by Gasteiger charge is -2.30. The summed E-state index contributed by atoms with van der Waals surface area (Å²) in [5.74, 6) is -0.882. The van der Waals surface area contributed by atoms with Gasteiger partial charge in [0.05, 0.1) is 20.2 Å². The fourth-order valence-electron chi connectivity index (χ4n) is 2.70. The van der Waals surface area contributed by atoms with Gasteiger partial charge in [-0.15, -0.1) is 0 Å². The summed E-state index contributed by atoms with van der Waals surface area (Å²) in [4.78, 5) is 36.6. The fraction of sp³-hybridized carbons (Fsp3) is 0.438. The number of nitrogens with one attached hydrogen (secondary N) is 3. The molecule has 0 bridgehead atoms. The van der Waals surface area contributed by atoms with Crippen LogP contribution < -0.4 is 15.5 Å². The number of rotatable bonds is 5. The predicted octanol–water partition coefficient (Wildman–Crippen LogP) is -0.358. The lowest BCUT2D eigenvalue weighted by Crippen LogP contribution is -3.20. The Bertz CT molecular complexity index is 650. The van der Waals surface area contributed by atoms with E-state index in [1.807, 2.05) is 25.1 Å². The molecule has 2 rings (SSSR count). The number of ether oxygens (including phenoxy) is 1. The van der Waals surface area contributed by atoms with Gasteiger partial charge in [0.15, 0.2) is 12.6 Å². The smallest absolute Gasteiger partial charge is 0.312 e. The van der Waals surface area contributed by atoms with Crippen LogP contribution in [0, 0.1) is 6.92 Å². The number of quaternary nitrogens is 1. The number of carbonyl (C=O) groups excluding carboxylic acids is 3. The number of hydrogen-bond donors (Lipinski definition) is 3. The number of esters is 1. The zero-order valence-electron chi connectivity index (χ0n) is 13.6. The number of hydrogen-bond acceptors (Lipinski definition) is 4. The highest BCUT2D eigenvalue weighted by Crippen LogP contribution is 2.19. The van der Waals surface area contributed by atoms with E-state index in [1.165, 1.54) is 7.11 Å². The molecule has 24 heavy (non-hydrogen) atoms. The second kappa shape index (κ2) is 8.25. The summed E-state index contributed by atoms with van der Waals surface area (Å²) in [6.45, 7) is 3.09. The third-order valence-corrected chi connectivity index (χ3v) is 4.50. The monoisotopic (exact) mass is 398 g/mol. The van der Waals surface area contributed by atoms with Crippen molar-refractivity contribution in [3.8, 4) is 0 Å². The molecule has 1 heterocycles. The standard InChI is InChI=1S/C16H20BrN3O4/c1-10-7-11(17)3-4-12(10)19-14(21)9-20-6-5-18-16(23)13(20)8-15(22)24-2/h3-4,7,13H,5-6,8-9H2,1-2H3,(H,18,23)(H,19,21)/p+1/t13-/m0/s1. The fourth-order valence-corrected chi connectivity index (χ4v) is 3.17. The molecule has 1 aromatic rings. The molecule has 8 heteroatoms. The summed E-state index contributed by atoms with van der Waals surface area (Å²) >= 11 is 3.38. The molecule has 1 saturated heterocycles. The van der Waals surface area contributed by atoms with Gasteiger partial charge in [0.1, 0.15) is 6.42 Å². The molecule has 0 aromatic heterocycles. The molecule has 3 N–H and O–H groups in total. The van der Waals surface area contributed by atoms with Crippen LogP contribution in [-0.2, 0) is 19.1 Å². The summed E-state index contributed by atoms with van der Waals surface area (Å²) in [5.41, 5.74) is 1.67. The van der Waals surface area contributed by atoms with Crippen LogP contribution in [0.1, 0.15) is 12.0 Å². The average molecular weight is 399 g/mol. The first-order chi connectivity index (χ1) is 11.4. The number of aryl methyl sites for hydroxylation is 1. The van der Waals surface area contributed by atoms with Crippen molar-refractivity contribution in [2.45, 2.75) is 19.4 Å². The minimum atomic E-state index is -0.608. The van der Waals surface area contributed by atoms with Crippen LogP contribution in [0.15, 0.2) is 22.7 Å². The molecule has 0 aliphatic carbocycles. The molecule has 2 atom stereocenters. The SMILES string of the molecule is COC(=O)C[C@H]1C(=O)NCC[NH+]1CC(=O)Nc1ccc(Br)cc1C.